The number of esters is 2. The number of carboxylic acids is 1. The lowest BCUT2D eigenvalue weighted by Crippen LogP contribution is -2.52. The highest BCUT2D eigenvalue weighted by Crippen LogP contribution is 2.55. The van der Waals surface area contributed by atoms with Crippen LogP contribution in [0.25, 0.3) is 0 Å². The molecule has 2 aliphatic carbocycles. The van der Waals surface area contributed by atoms with Crippen LogP contribution < -0.4 is 0 Å². The van der Waals surface area contributed by atoms with Gasteiger partial charge in [0.25, 0.3) is 0 Å². The normalized spacial score (nSPS) is 40.9. The van der Waals surface area contributed by atoms with E-state index >= 15 is 0 Å². The number of aliphatic hydroxyl groups excluding tert-OH is 1. The molecule has 0 aromatic carbocycles. The fourth-order valence-electron chi connectivity index (χ4n) is 4.62. The van der Waals surface area contributed by atoms with Gasteiger partial charge in [-0.25, -0.2) is 4.79 Å². The highest BCUT2D eigenvalue weighted by atomic mass is 35.5. The number of alkyl halides is 1. The van der Waals surface area contributed by atoms with E-state index in [0.717, 1.165) is 0 Å². The minimum absolute atomic E-state index is 0.0672. The number of aliphatic carboxylic acids is 1. The maximum absolute atomic E-state index is 12.2. The second-order valence-electron chi connectivity index (χ2n) is 7.83. The molecule has 0 aromatic rings. The number of carbonyl (C=O) groups excluding carboxylic acids is 2. The lowest BCUT2D eigenvalue weighted by atomic mass is 9.76. The number of halogens is 1. The minimum Gasteiger partial charge on any atom is -0.481 e. The van der Waals surface area contributed by atoms with Gasteiger partial charge in [-0.1, -0.05) is 18.7 Å². The van der Waals surface area contributed by atoms with Crippen LogP contribution in [0.5, 0.6) is 0 Å². The molecule has 9 heteroatoms. The molecule has 8 nitrogen and oxygen atoms in total. The SMILES string of the molecule is C=C1C(=O)O[C@H]2[C@H]1[C@@H](OC(=O)[C@@H](C)C(=O)O)CC(=C)[C@@H]1C[C@H](O)[C@](O)(CCl)[C@H]21. The first-order valence-corrected chi connectivity index (χ1v) is 9.53. The van der Waals surface area contributed by atoms with Gasteiger partial charge in [0.15, 0.2) is 5.92 Å². The summed E-state index contributed by atoms with van der Waals surface area (Å²) in [6.45, 7) is 8.96. The molecule has 3 rings (SSSR count). The van der Waals surface area contributed by atoms with Crippen molar-refractivity contribution in [1.29, 1.82) is 0 Å². The van der Waals surface area contributed by atoms with E-state index in [0.29, 0.717) is 5.57 Å². The third-order valence-electron chi connectivity index (χ3n) is 6.27. The van der Waals surface area contributed by atoms with Crippen LogP contribution in [0.15, 0.2) is 24.3 Å². The summed E-state index contributed by atoms with van der Waals surface area (Å²) in [5, 5.41) is 30.5. The Morgan fingerprint density at radius 3 is 2.64 bits per heavy atom. The molecule has 3 aliphatic rings. The van der Waals surface area contributed by atoms with E-state index in [2.05, 4.69) is 13.2 Å². The smallest absolute Gasteiger partial charge is 0.334 e. The molecule has 28 heavy (non-hydrogen) atoms. The van der Waals surface area contributed by atoms with Crippen LogP contribution in [0, 0.1) is 23.7 Å². The zero-order valence-electron chi connectivity index (χ0n) is 15.3. The number of aliphatic hydroxyl groups is 2. The van der Waals surface area contributed by atoms with Crippen molar-refractivity contribution in [1.82, 2.24) is 0 Å². The third-order valence-corrected chi connectivity index (χ3v) is 6.70. The molecular formula is C19H23ClO8. The Labute approximate surface area is 166 Å². The molecule has 0 spiro atoms. The van der Waals surface area contributed by atoms with E-state index in [-0.39, 0.29) is 24.3 Å². The first-order chi connectivity index (χ1) is 13.0. The molecule has 8 atom stereocenters. The Morgan fingerprint density at radius 2 is 2.07 bits per heavy atom. The maximum atomic E-state index is 12.2. The van der Waals surface area contributed by atoms with Crippen LogP contribution in [-0.2, 0) is 23.9 Å². The van der Waals surface area contributed by atoms with Crippen molar-refractivity contribution in [3.8, 4) is 0 Å². The van der Waals surface area contributed by atoms with Gasteiger partial charge in [-0.2, -0.15) is 0 Å². The summed E-state index contributed by atoms with van der Waals surface area (Å²) in [4.78, 5) is 35.5. The quantitative estimate of drug-likeness (QED) is 0.201. The fourth-order valence-corrected chi connectivity index (χ4v) is 4.97. The predicted molar refractivity (Wildman–Crippen MR) is 96.2 cm³/mol. The number of hydrogen-bond acceptors (Lipinski definition) is 7. The molecule has 0 unspecified atom stereocenters. The lowest BCUT2D eigenvalue weighted by molar-refractivity contribution is -0.165. The summed E-state index contributed by atoms with van der Waals surface area (Å²) >= 11 is 5.97. The van der Waals surface area contributed by atoms with Crippen LogP contribution in [-0.4, -0.2) is 63.0 Å². The number of carboxylic acid groups (broad SMARTS) is 1. The van der Waals surface area contributed by atoms with Crippen molar-refractivity contribution >= 4 is 29.5 Å². The molecule has 1 heterocycles. The van der Waals surface area contributed by atoms with Gasteiger partial charge >= 0.3 is 17.9 Å². The summed E-state index contributed by atoms with van der Waals surface area (Å²) in [5.41, 5.74) is -1.04. The fraction of sp³-hybridized carbons (Fsp3) is 0.632. The number of ether oxygens (including phenoxy) is 2. The van der Waals surface area contributed by atoms with Gasteiger partial charge in [0.2, 0.25) is 0 Å². The number of fused-ring (bicyclic) bond motifs is 3. The summed E-state index contributed by atoms with van der Waals surface area (Å²) in [6, 6.07) is 0. The average Bonchev–Trinajstić information content (AvgIpc) is 3.03. The van der Waals surface area contributed by atoms with Gasteiger partial charge in [-0.15, -0.1) is 11.6 Å². The number of rotatable bonds is 4. The maximum Gasteiger partial charge on any atom is 0.334 e. The van der Waals surface area contributed by atoms with Crippen molar-refractivity contribution in [3.05, 3.63) is 24.3 Å². The summed E-state index contributed by atoms with van der Waals surface area (Å²) in [7, 11) is 0. The molecule has 0 aromatic heterocycles. The summed E-state index contributed by atoms with van der Waals surface area (Å²) in [5.74, 6) is -6.60. The molecule has 3 N–H and O–H groups in total. The first kappa shape index (κ1) is 20.8. The van der Waals surface area contributed by atoms with E-state index in [1.54, 1.807) is 0 Å². The van der Waals surface area contributed by atoms with Crippen molar-refractivity contribution in [2.45, 2.75) is 43.7 Å². The van der Waals surface area contributed by atoms with Crippen LogP contribution in [0.4, 0.5) is 0 Å². The Bertz CT molecular complexity index is 748. The monoisotopic (exact) mass is 414 g/mol. The second-order valence-corrected chi connectivity index (χ2v) is 8.09. The van der Waals surface area contributed by atoms with Gasteiger partial charge in [0.1, 0.15) is 17.8 Å². The molecule has 2 saturated carbocycles. The van der Waals surface area contributed by atoms with Crippen molar-refractivity contribution in [2.24, 2.45) is 23.7 Å². The number of carbonyl (C=O) groups is 3. The van der Waals surface area contributed by atoms with Crippen LogP contribution >= 0.6 is 11.6 Å². The van der Waals surface area contributed by atoms with Crippen molar-refractivity contribution in [2.75, 3.05) is 5.88 Å². The van der Waals surface area contributed by atoms with Crippen molar-refractivity contribution < 1.29 is 39.2 Å². The molecule has 1 aliphatic heterocycles. The molecule has 1 saturated heterocycles. The Kier molecular flexibility index (Phi) is 5.33. The molecule has 3 fully saturated rings. The molecule has 0 radical (unpaired) electrons. The van der Waals surface area contributed by atoms with E-state index in [1.165, 1.54) is 6.92 Å². The van der Waals surface area contributed by atoms with Crippen LogP contribution in [0.1, 0.15) is 19.8 Å². The lowest BCUT2D eigenvalue weighted by Gasteiger charge is -2.37. The van der Waals surface area contributed by atoms with Gasteiger partial charge in [0, 0.05) is 17.9 Å². The standard InChI is InChI=1S/C19H23ClO8/c1-7-4-11(27-18(25)9(3)16(22)23)13-8(2)17(24)28-15(13)14-10(7)5-12(21)19(14,26)6-20/h9-15,21,26H,1-2,4-6H2,3H3,(H,22,23)/t9-,10-,11-,12-,13+,14-,15-,19+/m0/s1. The Hall–Kier alpha value is -1.90. The summed E-state index contributed by atoms with van der Waals surface area (Å²) in [6.07, 6.45) is -2.68. The van der Waals surface area contributed by atoms with E-state index in [9.17, 15) is 24.6 Å². The topological polar surface area (TPSA) is 130 Å². The number of hydrogen-bond donors (Lipinski definition) is 3. The zero-order valence-corrected chi connectivity index (χ0v) is 16.1. The summed E-state index contributed by atoms with van der Waals surface area (Å²) < 4.78 is 10.9. The highest BCUT2D eigenvalue weighted by molar-refractivity contribution is 6.18. The largest absolute Gasteiger partial charge is 0.481 e. The van der Waals surface area contributed by atoms with Gasteiger partial charge in [-0.3, -0.25) is 9.59 Å². The second kappa shape index (κ2) is 7.17. The van der Waals surface area contributed by atoms with Gasteiger partial charge in [0.05, 0.1) is 17.9 Å². The molecule has 154 valence electrons. The molecule has 0 bridgehead atoms. The van der Waals surface area contributed by atoms with Crippen LogP contribution in [0.3, 0.4) is 0 Å². The predicted octanol–water partition coefficient (Wildman–Crippen LogP) is 0.643. The first-order valence-electron chi connectivity index (χ1n) is 9.00. The van der Waals surface area contributed by atoms with E-state index in [4.69, 9.17) is 26.2 Å². The highest BCUT2D eigenvalue weighted by Gasteiger charge is 2.64. The van der Waals surface area contributed by atoms with Gasteiger partial charge in [-0.05, 0) is 19.3 Å². The van der Waals surface area contributed by atoms with E-state index < -0.39 is 65.5 Å². The third kappa shape index (κ3) is 3.03. The Balaban J connectivity index is 2.00. The van der Waals surface area contributed by atoms with Gasteiger partial charge < -0.3 is 24.8 Å². The molecule has 0 amide bonds. The average molecular weight is 415 g/mol. The molecular weight excluding hydrogens is 392 g/mol. The minimum atomic E-state index is -1.71. The Morgan fingerprint density at radius 1 is 1.43 bits per heavy atom. The zero-order chi connectivity index (χ0) is 21.0. The van der Waals surface area contributed by atoms with E-state index in [1.807, 2.05) is 0 Å². The van der Waals surface area contributed by atoms with Crippen molar-refractivity contribution in [3.63, 3.8) is 0 Å². The van der Waals surface area contributed by atoms with Crippen LogP contribution in [0.2, 0.25) is 0 Å².